The zero-order valence-corrected chi connectivity index (χ0v) is 12.4. The van der Waals surface area contributed by atoms with Gasteiger partial charge in [-0.15, -0.1) is 0 Å². The summed E-state index contributed by atoms with van der Waals surface area (Å²) in [5, 5.41) is 3.38. The fraction of sp³-hybridized carbons (Fsp3) is 0.125. The number of amides is 1. The summed E-state index contributed by atoms with van der Waals surface area (Å²) in [6.45, 7) is 1.70. The van der Waals surface area contributed by atoms with Crippen molar-refractivity contribution in [3.05, 3.63) is 60.2 Å². The molecule has 5 heteroatoms. The summed E-state index contributed by atoms with van der Waals surface area (Å²) >= 11 is 1.44. The van der Waals surface area contributed by atoms with Gasteiger partial charge in [0, 0.05) is 0 Å². The second kappa shape index (κ2) is 5.27. The third-order valence-electron chi connectivity index (χ3n) is 3.36. The van der Waals surface area contributed by atoms with Gasteiger partial charge >= 0.3 is 0 Å². The van der Waals surface area contributed by atoms with Gasteiger partial charge in [0.05, 0.1) is 10.2 Å². The maximum absolute atomic E-state index is 12.4. The number of para-hydroxylation sites is 1. The quantitative estimate of drug-likeness (QED) is 0.780. The van der Waals surface area contributed by atoms with Crippen LogP contribution < -0.4 is 11.1 Å². The van der Waals surface area contributed by atoms with Crippen molar-refractivity contribution in [1.82, 2.24) is 4.98 Å². The van der Waals surface area contributed by atoms with Crippen LogP contribution in [0, 0.1) is 0 Å². The van der Waals surface area contributed by atoms with Crippen LogP contribution in [0.5, 0.6) is 0 Å². The first kappa shape index (κ1) is 13.7. The smallest absolute Gasteiger partial charge is 0.250 e. The number of nitrogens with one attached hydrogen (secondary N) is 1. The minimum absolute atomic E-state index is 0.271. The standard InChI is InChI=1S/C16H15N3OS/c1-16(17,11-7-3-2-4-8-11)14(20)19-15-18-12-9-5-6-10-13(12)21-15/h2-10H,17H2,1H3,(H,18,19,20). The van der Waals surface area contributed by atoms with E-state index < -0.39 is 5.54 Å². The lowest BCUT2D eigenvalue weighted by Crippen LogP contribution is -2.45. The molecular weight excluding hydrogens is 282 g/mol. The number of benzene rings is 2. The molecule has 2 aromatic carbocycles. The van der Waals surface area contributed by atoms with Crippen LogP contribution in [0.2, 0.25) is 0 Å². The van der Waals surface area contributed by atoms with Crippen LogP contribution in [-0.4, -0.2) is 10.9 Å². The summed E-state index contributed by atoms with van der Waals surface area (Å²) < 4.78 is 1.03. The normalized spacial score (nSPS) is 13.8. The van der Waals surface area contributed by atoms with Crippen LogP contribution in [0.3, 0.4) is 0 Å². The summed E-state index contributed by atoms with van der Waals surface area (Å²) in [7, 11) is 0. The van der Waals surface area contributed by atoms with Crippen LogP contribution >= 0.6 is 11.3 Å². The van der Waals surface area contributed by atoms with Crippen LogP contribution in [0.15, 0.2) is 54.6 Å². The van der Waals surface area contributed by atoms with E-state index >= 15 is 0 Å². The van der Waals surface area contributed by atoms with Crippen molar-refractivity contribution >= 4 is 32.6 Å². The van der Waals surface area contributed by atoms with Crippen LogP contribution in [0.1, 0.15) is 12.5 Å². The summed E-state index contributed by atoms with van der Waals surface area (Å²) in [5.41, 5.74) is 6.73. The van der Waals surface area contributed by atoms with E-state index in [0.29, 0.717) is 5.13 Å². The third-order valence-corrected chi connectivity index (χ3v) is 4.31. The van der Waals surface area contributed by atoms with Crippen LogP contribution in [-0.2, 0) is 10.3 Å². The molecule has 0 aliphatic rings. The predicted octanol–water partition coefficient (Wildman–Crippen LogP) is 3.11. The Morgan fingerprint density at radius 1 is 1.14 bits per heavy atom. The molecule has 0 radical (unpaired) electrons. The Hall–Kier alpha value is -2.24. The van der Waals surface area contributed by atoms with Crippen LogP contribution in [0.25, 0.3) is 10.2 Å². The van der Waals surface area contributed by atoms with Gasteiger partial charge in [-0.3, -0.25) is 4.79 Å². The summed E-state index contributed by atoms with van der Waals surface area (Å²) in [5.74, 6) is -0.271. The Morgan fingerprint density at radius 3 is 2.52 bits per heavy atom. The van der Waals surface area contributed by atoms with Gasteiger partial charge in [0.2, 0.25) is 0 Å². The van der Waals surface area contributed by atoms with Gasteiger partial charge < -0.3 is 11.1 Å². The molecule has 0 saturated heterocycles. The number of carbonyl (C=O) groups excluding carboxylic acids is 1. The van der Waals surface area contributed by atoms with E-state index in [0.717, 1.165) is 15.8 Å². The zero-order valence-electron chi connectivity index (χ0n) is 11.5. The molecule has 21 heavy (non-hydrogen) atoms. The lowest BCUT2D eigenvalue weighted by molar-refractivity contribution is -0.120. The van der Waals surface area contributed by atoms with E-state index in [2.05, 4.69) is 10.3 Å². The van der Waals surface area contributed by atoms with Gasteiger partial charge in [-0.1, -0.05) is 53.8 Å². The lowest BCUT2D eigenvalue weighted by Gasteiger charge is -2.23. The molecule has 0 saturated carbocycles. The minimum Gasteiger partial charge on any atom is -0.314 e. The van der Waals surface area contributed by atoms with Gasteiger partial charge in [0.15, 0.2) is 5.13 Å². The van der Waals surface area contributed by atoms with E-state index in [1.807, 2.05) is 54.6 Å². The number of thiazole rings is 1. The second-order valence-corrected chi connectivity index (χ2v) is 6.04. The molecule has 1 atom stereocenters. The molecule has 0 aliphatic carbocycles. The van der Waals surface area contributed by atoms with Gasteiger partial charge in [0.25, 0.3) is 5.91 Å². The molecule has 1 heterocycles. The largest absolute Gasteiger partial charge is 0.314 e. The number of hydrogen-bond acceptors (Lipinski definition) is 4. The molecule has 1 amide bonds. The SMILES string of the molecule is CC(N)(C(=O)Nc1nc2ccccc2s1)c1ccccc1. The number of hydrogen-bond donors (Lipinski definition) is 2. The molecule has 0 aliphatic heterocycles. The van der Waals surface area contributed by atoms with Gasteiger partial charge in [-0.05, 0) is 24.6 Å². The molecule has 0 bridgehead atoms. The molecule has 3 N–H and O–H groups in total. The first-order chi connectivity index (χ1) is 10.1. The topological polar surface area (TPSA) is 68.0 Å². The number of nitrogens with two attached hydrogens (primary N) is 1. The van der Waals surface area contributed by atoms with Crippen molar-refractivity contribution in [1.29, 1.82) is 0 Å². The molecule has 0 spiro atoms. The van der Waals surface area contributed by atoms with Crippen molar-refractivity contribution in [3.8, 4) is 0 Å². The summed E-state index contributed by atoms with van der Waals surface area (Å²) in [6.07, 6.45) is 0. The van der Waals surface area contributed by atoms with Crippen molar-refractivity contribution in [3.63, 3.8) is 0 Å². The first-order valence-corrected chi connectivity index (χ1v) is 7.40. The Morgan fingerprint density at radius 2 is 1.81 bits per heavy atom. The molecule has 4 nitrogen and oxygen atoms in total. The van der Waals surface area contributed by atoms with Gasteiger partial charge in [-0.25, -0.2) is 4.98 Å². The number of nitrogens with zero attached hydrogens (tertiary/aromatic N) is 1. The number of fused-ring (bicyclic) bond motifs is 1. The second-order valence-electron chi connectivity index (χ2n) is 5.01. The lowest BCUT2D eigenvalue weighted by atomic mass is 9.92. The van der Waals surface area contributed by atoms with E-state index in [-0.39, 0.29) is 5.91 Å². The van der Waals surface area contributed by atoms with Crippen molar-refractivity contribution in [2.24, 2.45) is 5.73 Å². The van der Waals surface area contributed by atoms with Crippen molar-refractivity contribution in [2.75, 3.05) is 5.32 Å². The Bertz CT molecular complexity index is 747. The van der Waals surface area contributed by atoms with Crippen LogP contribution in [0.4, 0.5) is 5.13 Å². The third kappa shape index (κ3) is 2.66. The fourth-order valence-electron chi connectivity index (χ4n) is 2.07. The van der Waals surface area contributed by atoms with E-state index in [1.54, 1.807) is 6.92 Å². The van der Waals surface area contributed by atoms with Crippen molar-refractivity contribution < 1.29 is 4.79 Å². The average Bonchev–Trinajstić information content (AvgIpc) is 2.90. The molecule has 3 aromatic rings. The minimum atomic E-state index is -1.10. The van der Waals surface area contributed by atoms with Crippen molar-refractivity contribution in [2.45, 2.75) is 12.5 Å². The Kier molecular flexibility index (Phi) is 3.45. The van der Waals surface area contributed by atoms with E-state index in [4.69, 9.17) is 5.73 Å². The molecule has 106 valence electrons. The highest BCUT2D eigenvalue weighted by Gasteiger charge is 2.31. The van der Waals surface area contributed by atoms with Gasteiger partial charge in [-0.2, -0.15) is 0 Å². The average molecular weight is 297 g/mol. The summed E-state index contributed by atoms with van der Waals surface area (Å²) in [6, 6.07) is 17.1. The highest BCUT2D eigenvalue weighted by Crippen LogP contribution is 2.27. The van der Waals surface area contributed by atoms with Gasteiger partial charge in [0.1, 0.15) is 5.54 Å². The molecule has 1 aromatic heterocycles. The molecular formula is C16H15N3OS. The Labute approximate surface area is 126 Å². The molecule has 1 unspecified atom stereocenters. The first-order valence-electron chi connectivity index (χ1n) is 6.59. The number of aromatic nitrogens is 1. The molecule has 3 rings (SSSR count). The highest BCUT2D eigenvalue weighted by molar-refractivity contribution is 7.22. The summed E-state index contributed by atoms with van der Waals surface area (Å²) in [4.78, 5) is 16.8. The Balaban J connectivity index is 1.85. The number of carbonyl (C=O) groups is 1. The maximum atomic E-state index is 12.4. The monoisotopic (exact) mass is 297 g/mol. The van der Waals surface area contributed by atoms with E-state index in [1.165, 1.54) is 11.3 Å². The fourth-order valence-corrected chi connectivity index (χ4v) is 2.93. The maximum Gasteiger partial charge on any atom is 0.250 e. The number of rotatable bonds is 3. The molecule has 0 fully saturated rings. The highest BCUT2D eigenvalue weighted by atomic mass is 32.1. The zero-order chi connectivity index (χ0) is 14.9. The number of anilines is 1. The predicted molar refractivity (Wildman–Crippen MR) is 86.2 cm³/mol. The van der Waals surface area contributed by atoms with E-state index in [9.17, 15) is 4.79 Å².